The van der Waals surface area contributed by atoms with Crippen LogP contribution >= 0.6 is 0 Å². The van der Waals surface area contributed by atoms with E-state index in [-0.39, 0.29) is 18.3 Å². The maximum absolute atomic E-state index is 11.5. The topological polar surface area (TPSA) is 57.2 Å². The fourth-order valence-electron chi connectivity index (χ4n) is 4.00. The summed E-state index contributed by atoms with van der Waals surface area (Å²) in [6, 6.07) is 29.7. The Morgan fingerprint density at radius 2 is 1.17 bits per heavy atom. The van der Waals surface area contributed by atoms with E-state index < -0.39 is 32.7 Å². The molecule has 5 nitrogen and oxygen atoms in total. The van der Waals surface area contributed by atoms with Crippen molar-refractivity contribution in [2.45, 2.75) is 83.1 Å². The summed E-state index contributed by atoms with van der Waals surface area (Å²) in [5.41, 5.74) is 3.00. The third-order valence-electron chi connectivity index (χ3n) is 7.61. The van der Waals surface area contributed by atoms with Crippen molar-refractivity contribution in [1.29, 1.82) is 0 Å². The highest BCUT2D eigenvalue weighted by Crippen LogP contribution is 2.36. The molecule has 0 aliphatic carbocycles. The van der Waals surface area contributed by atoms with Gasteiger partial charge in [-0.25, -0.2) is 0 Å². The number of hydrogen-bond acceptors (Lipinski definition) is 5. The molecule has 3 aromatic rings. The lowest BCUT2D eigenvalue weighted by atomic mass is 10.0. The van der Waals surface area contributed by atoms with E-state index in [4.69, 9.17) is 18.6 Å². The number of hydrogen-bond donors (Lipinski definition) is 1. The van der Waals surface area contributed by atoms with Crippen LogP contribution in [0.1, 0.15) is 37.5 Å². The largest absolute Gasteiger partial charge is 0.406 e. The molecule has 0 aromatic heterocycles. The fraction of sp³-hybridized carbons (Fsp3) is 0.389. The number of aliphatic hydroxyl groups excluding tert-OH is 1. The summed E-state index contributed by atoms with van der Waals surface area (Å²) in [5, 5.41) is 11.5. The minimum atomic E-state index is -1.98. The van der Waals surface area contributed by atoms with E-state index >= 15 is 0 Å². The van der Waals surface area contributed by atoms with Gasteiger partial charge < -0.3 is 23.7 Å². The second-order valence-electron chi connectivity index (χ2n) is 11.8. The van der Waals surface area contributed by atoms with E-state index in [1.807, 2.05) is 91.0 Å². The van der Waals surface area contributed by atoms with Gasteiger partial charge in [0.15, 0.2) is 8.32 Å². The van der Waals surface area contributed by atoms with Gasteiger partial charge >= 0.3 is 0 Å². The van der Waals surface area contributed by atoms with Crippen LogP contribution in [-0.2, 0) is 38.5 Å². The van der Waals surface area contributed by atoms with Crippen LogP contribution in [0.3, 0.4) is 0 Å². The summed E-state index contributed by atoms with van der Waals surface area (Å²) < 4.78 is 25.4. The predicted molar refractivity (Wildman–Crippen MR) is 172 cm³/mol. The molecular weight excluding hydrogens is 540 g/mol. The Bertz CT molecular complexity index is 1250. The minimum absolute atomic E-state index is 0.0677. The van der Waals surface area contributed by atoms with Gasteiger partial charge in [-0.2, -0.15) is 0 Å². The van der Waals surface area contributed by atoms with Gasteiger partial charge in [-0.05, 0) is 34.8 Å². The summed E-state index contributed by atoms with van der Waals surface area (Å²) in [7, 11) is -1.98. The van der Waals surface area contributed by atoms with Crippen molar-refractivity contribution < 1.29 is 23.7 Å². The van der Waals surface area contributed by atoms with Crippen molar-refractivity contribution in [3.05, 3.63) is 120 Å². The molecule has 0 aliphatic heterocycles. The lowest BCUT2D eigenvalue weighted by Crippen LogP contribution is -2.47. The minimum Gasteiger partial charge on any atom is -0.406 e. The van der Waals surface area contributed by atoms with Gasteiger partial charge in [0.2, 0.25) is 0 Å². The van der Waals surface area contributed by atoms with Crippen molar-refractivity contribution in [2.24, 2.45) is 0 Å². The molecular formula is C36H46O5Si. The average molecular weight is 587 g/mol. The molecule has 0 saturated carbocycles. The van der Waals surface area contributed by atoms with Gasteiger partial charge in [0.05, 0.1) is 26.4 Å². The third-order valence-corrected chi connectivity index (χ3v) is 12.1. The molecule has 0 spiro atoms. The van der Waals surface area contributed by atoms with E-state index in [2.05, 4.69) is 52.3 Å². The zero-order valence-corrected chi connectivity index (χ0v) is 26.7. The van der Waals surface area contributed by atoms with Crippen LogP contribution in [0.15, 0.2) is 104 Å². The van der Waals surface area contributed by atoms with Crippen molar-refractivity contribution in [1.82, 2.24) is 0 Å². The van der Waals surface area contributed by atoms with E-state index in [9.17, 15) is 5.11 Å². The number of ether oxygens (including phenoxy) is 3. The first-order chi connectivity index (χ1) is 20.1. The molecule has 0 fully saturated rings. The maximum Gasteiger partial charge on any atom is 0.193 e. The highest BCUT2D eigenvalue weighted by Gasteiger charge is 2.37. The molecule has 0 amide bonds. The van der Waals surface area contributed by atoms with Gasteiger partial charge in [0.1, 0.15) is 24.4 Å². The van der Waals surface area contributed by atoms with E-state index in [1.165, 1.54) is 0 Å². The van der Waals surface area contributed by atoms with E-state index in [0.29, 0.717) is 13.2 Å². The first-order valence-corrected chi connectivity index (χ1v) is 17.4. The molecule has 4 atom stereocenters. The van der Waals surface area contributed by atoms with Crippen molar-refractivity contribution >= 4 is 8.32 Å². The van der Waals surface area contributed by atoms with Gasteiger partial charge in [-0.1, -0.05) is 130 Å². The molecule has 0 radical (unpaired) electrons. The molecule has 3 rings (SSSR count). The quantitative estimate of drug-likeness (QED) is 0.115. The van der Waals surface area contributed by atoms with Crippen LogP contribution < -0.4 is 0 Å². The Balaban J connectivity index is 1.87. The zero-order chi connectivity index (χ0) is 30.4. The molecule has 0 heterocycles. The van der Waals surface area contributed by atoms with Gasteiger partial charge in [-0.15, -0.1) is 6.58 Å². The van der Waals surface area contributed by atoms with Crippen molar-refractivity contribution in [2.75, 3.05) is 6.61 Å². The fourth-order valence-corrected chi connectivity index (χ4v) is 4.87. The van der Waals surface area contributed by atoms with Crippen molar-refractivity contribution in [3.8, 4) is 11.8 Å². The Labute approximate surface area is 253 Å². The highest BCUT2D eigenvalue weighted by atomic mass is 28.4. The number of aliphatic hydroxyl groups is 1. The van der Waals surface area contributed by atoms with Crippen LogP contribution in [0, 0.1) is 11.8 Å². The molecule has 224 valence electrons. The standard InChI is InChI=1S/C36H46O5Si/c1-7-33(38-26-29-18-11-8-12-19-29)35(40-28-31-22-15-10-16-23-31)34(39-27-30-20-13-9-14-21-30)32(37)24-17-25-41-42(5,6)36(2,3)4/h7-16,18-23,32-35,37H,1,25-28H2,2-6H3/t32-,33+,34+,35+/m1/s1. The first-order valence-electron chi connectivity index (χ1n) is 14.5. The summed E-state index contributed by atoms with van der Waals surface area (Å²) in [6.45, 7) is 16.2. The number of benzene rings is 3. The summed E-state index contributed by atoms with van der Waals surface area (Å²) >= 11 is 0. The molecule has 0 bridgehead atoms. The Morgan fingerprint density at radius 3 is 1.60 bits per heavy atom. The SMILES string of the molecule is C=C[C@H](OCc1ccccc1)[C@H](OCc1ccccc1)[C@@H](OCc1ccccc1)[C@H](O)C#CCO[Si](C)(C)C(C)(C)C. The van der Waals surface area contributed by atoms with Crippen LogP contribution in [0.25, 0.3) is 0 Å². The maximum atomic E-state index is 11.5. The third kappa shape index (κ3) is 10.7. The molecule has 0 saturated heterocycles. The summed E-state index contributed by atoms with van der Waals surface area (Å²) in [5.74, 6) is 6.03. The Kier molecular flexibility index (Phi) is 13.2. The van der Waals surface area contributed by atoms with Gasteiger partial charge in [-0.3, -0.25) is 0 Å². The second kappa shape index (κ2) is 16.6. The van der Waals surface area contributed by atoms with E-state index in [1.54, 1.807) is 6.08 Å². The van der Waals surface area contributed by atoms with E-state index in [0.717, 1.165) is 16.7 Å². The van der Waals surface area contributed by atoms with Crippen LogP contribution in [0.5, 0.6) is 0 Å². The Morgan fingerprint density at radius 1 is 0.738 bits per heavy atom. The second-order valence-corrected chi connectivity index (χ2v) is 16.6. The molecule has 3 aromatic carbocycles. The normalized spacial score (nSPS) is 14.7. The van der Waals surface area contributed by atoms with Crippen molar-refractivity contribution in [3.63, 3.8) is 0 Å². The molecule has 0 aliphatic rings. The van der Waals surface area contributed by atoms with Gasteiger partial charge in [0, 0.05) is 0 Å². The summed E-state index contributed by atoms with van der Waals surface area (Å²) in [6.07, 6.45) is -1.54. The lowest BCUT2D eigenvalue weighted by molar-refractivity contribution is -0.160. The van der Waals surface area contributed by atoms with Gasteiger partial charge in [0.25, 0.3) is 0 Å². The molecule has 42 heavy (non-hydrogen) atoms. The Hall–Kier alpha value is -3.02. The molecule has 1 N–H and O–H groups in total. The van der Waals surface area contributed by atoms with Crippen LogP contribution in [0.4, 0.5) is 0 Å². The zero-order valence-electron chi connectivity index (χ0n) is 25.7. The first kappa shape index (κ1) is 33.5. The molecule has 0 unspecified atom stereocenters. The van der Waals surface area contributed by atoms with Crippen LogP contribution in [0.2, 0.25) is 18.1 Å². The average Bonchev–Trinajstić information content (AvgIpc) is 2.99. The predicted octanol–water partition coefficient (Wildman–Crippen LogP) is 7.31. The highest BCUT2D eigenvalue weighted by molar-refractivity contribution is 6.74. The molecule has 6 heteroatoms. The lowest BCUT2D eigenvalue weighted by Gasteiger charge is -2.35. The van der Waals surface area contributed by atoms with Crippen LogP contribution in [-0.4, -0.2) is 44.4 Å². The number of rotatable bonds is 15. The summed E-state index contributed by atoms with van der Waals surface area (Å²) in [4.78, 5) is 0. The monoisotopic (exact) mass is 586 g/mol. The smallest absolute Gasteiger partial charge is 0.193 e.